The molecule has 0 heterocycles. The summed E-state index contributed by atoms with van der Waals surface area (Å²) >= 11 is 0. The lowest BCUT2D eigenvalue weighted by atomic mass is 9.97. The van der Waals surface area contributed by atoms with Crippen LogP contribution in [-0.4, -0.2) is 0 Å². The van der Waals surface area contributed by atoms with E-state index in [4.69, 9.17) is 0 Å². The molecule has 2 atom stereocenters. The maximum atomic E-state index is 4.21. The quantitative estimate of drug-likeness (QED) is 0.535. The molecule has 0 fully saturated rings. The molecule has 0 saturated heterocycles. The molecule has 0 N–H and O–H groups in total. The lowest BCUT2D eigenvalue weighted by Crippen LogP contribution is -1.91. The van der Waals surface area contributed by atoms with Crippen LogP contribution < -0.4 is 0 Å². The summed E-state index contributed by atoms with van der Waals surface area (Å²) in [5.41, 5.74) is 4.18. The second kappa shape index (κ2) is 2.71. The molecule has 68 valence electrons. The van der Waals surface area contributed by atoms with Crippen LogP contribution in [0.5, 0.6) is 0 Å². The summed E-state index contributed by atoms with van der Waals surface area (Å²) in [6.45, 7) is 4.21. The van der Waals surface area contributed by atoms with Gasteiger partial charge in [0.25, 0.3) is 0 Å². The fourth-order valence-electron chi connectivity index (χ4n) is 2.48. The molecular formula is C14H12. The van der Waals surface area contributed by atoms with Crippen molar-refractivity contribution in [1.82, 2.24) is 0 Å². The fourth-order valence-corrected chi connectivity index (χ4v) is 2.48. The molecule has 0 spiro atoms. The van der Waals surface area contributed by atoms with Gasteiger partial charge in [0.2, 0.25) is 0 Å². The third-order valence-corrected chi connectivity index (χ3v) is 3.18. The topological polar surface area (TPSA) is 0 Å². The van der Waals surface area contributed by atoms with E-state index in [-0.39, 0.29) is 0 Å². The van der Waals surface area contributed by atoms with Crippen molar-refractivity contribution < 1.29 is 0 Å². The predicted molar refractivity (Wildman–Crippen MR) is 59.3 cm³/mol. The number of allylic oxidation sites excluding steroid dienone is 5. The van der Waals surface area contributed by atoms with Crippen molar-refractivity contribution in [3.05, 3.63) is 71.8 Å². The lowest BCUT2D eigenvalue weighted by molar-refractivity contribution is 0.980. The highest BCUT2D eigenvalue weighted by molar-refractivity contribution is 5.56. The molecule has 0 saturated carbocycles. The normalized spacial score (nSPS) is 27.6. The minimum atomic E-state index is 0.436. The standard InChI is InChI=1S/C14H12/c1-10-11-6-2-3-7-12(10)14-9-5-4-8-13(11)14/h2-9,11-12H,1H2/t11-,12-/m0/s1. The highest BCUT2D eigenvalue weighted by Crippen LogP contribution is 2.47. The van der Waals surface area contributed by atoms with Gasteiger partial charge in [-0.1, -0.05) is 60.7 Å². The van der Waals surface area contributed by atoms with Gasteiger partial charge < -0.3 is 0 Å². The minimum absolute atomic E-state index is 0.436. The largest absolute Gasteiger partial charge is 0.0980 e. The van der Waals surface area contributed by atoms with Crippen molar-refractivity contribution >= 4 is 0 Å². The first-order valence-corrected chi connectivity index (χ1v) is 5.00. The van der Waals surface area contributed by atoms with Crippen molar-refractivity contribution in [2.24, 2.45) is 0 Å². The molecule has 14 heavy (non-hydrogen) atoms. The Kier molecular flexibility index (Phi) is 1.51. The molecular weight excluding hydrogens is 168 g/mol. The van der Waals surface area contributed by atoms with E-state index in [1.807, 2.05) is 0 Å². The smallest absolute Gasteiger partial charge is 0.0241 e. The first-order chi connectivity index (χ1) is 6.88. The SMILES string of the molecule is C=C1[C@@H]2C=CC=C[C@@H]1c1ccccc12. The molecule has 0 unspecified atom stereocenters. The van der Waals surface area contributed by atoms with Crippen molar-refractivity contribution in [2.45, 2.75) is 11.8 Å². The van der Waals surface area contributed by atoms with Crippen LogP contribution >= 0.6 is 0 Å². The summed E-state index contributed by atoms with van der Waals surface area (Å²) < 4.78 is 0. The summed E-state index contributed by atoms with van der Waals surface area (Å²) in [6, 6.07) is 8.66. The van der Waals surface area contributed by atoms with Gasteiger partial charge in [0.15, 0.2) is 0 Å². The Hall–Kier alpha value is -1.56. The Morgan fingerprint density at radius 1 is 0.857 bits per heavy atom. The van der Waals surface area contributed by atoms with Gasteiger partial charge in [-0.05, 0) is 11.1 Å². The number of hydrogen-bond donors (Lipinski definition) is 0. The summed E-state index contributed by atoms with van der Waals surface area (Å²) in [5.74, 6) is 0.873. The average molecular weight is 180 g/mol. The first kappa shape index (κ1) is 7.81. The Morgan fingerprint density at radius 2 is 1.36 bits per heavy atom. The van der Waals surface area contributed by atoms with E-state index in [0.29, 0.717) is 11.8 Å². The van der Waals surface area contributed by atoms with Crippen molar-refractivity contribution in [1.29, 1.82) is 0 Å². The van der Waals surface area contributed by atoms with Gasteiger partial charge >= 0.3 is 0 Å². The van der Waals surface area contributed by atoms with E-state index in [9.17, 15) is 0 Å². The first-order valence-electron chi connectivity index (χ1n) is 5.00. The fraction of sp³-hybridized carbons (Fsp3) is 0.143. The zero-order valence-electron chi connectivity index (χ0n) is 7.98. The summed E-state index contributed by atoms with van der Waals surface area (Å²) in [4.78, 5) is 0. The van der Waals surface area contributed by atoms with Gasteiger partial charge in [-0.15, -0.1) is 0 Å². The highest BCUT2D eigenvalue weighted by atomic mass is 14.3. The van der Waals surface area contributed by atoms with Crippen molar-refractivity contribution in [2.75, 3.05) is 0 Å². The third-order valence-electron chi connectivity index (χ3n) is 3.18. The molecule has 0 heteroatoms. The van der Waals surface area contributed by atoms with Gasteiger partial charge in [0, 0.05) is 11.8 Å². The molecule has 1 aromatic carbocycles. The van der Waals surface area contributed by atoms with Crippen molar-refractivity contribution in [3.8, 4) is 0 Å². The maximum absolute atomic E-state index is 4.21. The number of hydrogen-bond acceptors (Lipinski definition) is 0. The number of rotatable bonds is 0. The molecule has 0 nitrogen and oxygen atoms in total. The van der Waals surface area contributed by atoms with Crippen molar-refractivity contribution in [3.63, 3.8) is 0 Å². The Bertz CT molecular complexity index is 408. The molecule has 2 bridgehead atoms. The predicted octanol–water partition coefficient (Wildman–Crippen LogP) is 3.55. The van der Waals surface area contributed by atoms with Crippen LogP contribution in [0, 0.1) is 0 Å². The Labute approximate surface area is 84.3 Å². The average Bonchev–Trinajstić information content (AvgIpc) is 2.33. The van der Waals surface area contributed by atoms with Gasteiger partial charge in [-0.25, -0.2) is 0 Å². The molecule has 2 aliphatic rings. The Morgan fingerprint density at radius 3 is 1.86 bits per heavy atom. The second-order valence-electron chi connectivity index (χ2n) is 3.93. The third kappa shape index (κ3) is 0.884. The van der Waals surface area contributed by atoms with E-state index in [1.165, 1.54) is 16.7 Å². The van der Waals surface area contributed by atoms with E-state index in [0.717, 1.165) is 0 Å². The van der Waals surface area contributed by atoms with Crippen LogP contribution in [-0.2, 0) is 0 Å². The second-order valence-corrected chi connectivity index (χ2v) is 3.93. The number of fused-ring (bicyclic) bond motifs is 5. The van der Waals surface area contributed by atoms with Crippen LogP contribution in [0.1, 0.15) is 23.0 Å². The molecule has 0 radical (unpaired) electrons. The molecule has 1 aromatic rings. The molecule has 3 rings (SSSR count). The maximum Gasteiger partial charge on any atom is 0.0241 e. The molecule has 2 aliphatic carbocycles. The summed E-state index contributed by atoms with van der Waals surface area (Å²) in [7, 11) is 0. The van der Waals surface area contributed by atoms with Crippen LogP contribution in [0.3, 0.4) is 0 Å². The van der Waals surface area contributed by atoms with E-state index in [2.05, 4.69) is 55.1 Å². The van der Waals surface area contributed by atoms with Crippen LogP contribution in [0.15, 0.2) is 60.7 Å². The van der Waals surface area contributed by atoms with E-state index < -0.39 is 0 Å². The monoisotopic (exact) mass is 180 g/mol. The van der Waals surface area contributed by atoms with Crippen LogP contribution in [0.2, 0.25) is 0 Å². The molecule has 0 aliphatic heterocycles. The molecule has 0 aromatic heterocycles. The van der Waals surface area contributed by atoms with E-state index >= 15 is 0 Å². The summed E-state index contributed by atoms with van der Waals surface area (Å²) in [5, 5.41) is 0. The zero-order chi connectivity index (χ0) is 9.54. The lowest BCUT2D eigenvalue weighted by Gasteiger charge is -2.06. The van der Waals surface area contributed by atoms with Gasteiger partial charge in [-0.2, -0.15) is 0 Å². The zero-order valence-corrected chi connectivity index (χ0v) is 7.98. The highest BCUT2D eigenvalue weighted by Gasteiger charge is 2.31. The van der Waals surface area contributed by atoms with Crippen LogP contribution in [0.4, 0.5) is 0 Å². The van der Waals surface area contributed by atoms with Gasteiger partial charge in [-0.3, -0.25) is 0 Å². The Balaban J connectivity index is 2.29. The number of benzene rings is 1. The van der Waals surface area contributed by atoms with Gasteiger partial charge in [0.1, 0.15) is 0 Å². The van der Waals surface area contributed by atoms with Gasteiger partial charge in [0.05, 0.1) is 0 Å². The summed E-state index contributed by atoms with van der Waals surface area (Å²) in [6.07, 6.45) is 8.74. The minimum Gasteiger partial charge on any atom is -0.0980 e. The van der Waals surface area contributed by atoms with E-state index in [1.54, 1.807) is 0 Å². The molecule has 0 amide bonds. The van der Waals surface area contributed by atoms with Crippen LogP contribution in [0.25, 0.3) is 0 Å².